The van der Waals surface area contributed by atoms with Crippen LogP contribution in [0, 0.1) is 0 Å². The highest BCUT2D eigenvalue weighted by molar-refractivity contribution is 8.00. The van der Waals surface area contributed by atoms with Crippen molar-refractivity contribution in [2.24, 2.45) is 0 Å². The molecule has 5 nitrogen and oxygen atoms in total. The molecule has 1 aromatic carbocycles. The topological polar surface area (TPSA) is 61.8 Å². The fourth-order valence-corrected chi connectivity index (χ4v) is 2.72. The van der Waals surface area contributed by atoms with Gasteiger partial charge in [0.25, 0.3) is 0 Å². The Morgan fingerprint density at radius 2 is 1.68 bits per heavy atom. The molecule has 0 aromatic heterocycles. The molecule has 22 heavy (non-hydrogen) atoms. The third-order valence-electron chi connectivity index (χ3n) is 2.67. The molecule has 1 rings (SSSR count). The fraction of sp³-hybridized carbons (Fsp3) is 0.500. The lowest BCUT2D eigenvalue weighted by Crippen LogP contribution is -2.11. The average molecular weight is 326 g/mol. The Morgan fingerprint density at radius 3 is 2.32 bits per heavy atom. The third-order valence-corrected chi connectivity index (χ3v) is 3.74. The maximum Gasteiger partial charge on any atom is 0.316 e. The van der Waals surface area contributed by atoms with Crippen LogP contribution in [0.25, 0.3) is 0 Å². The normalized spacial score (nSPS) is 10.1. The van der Waals surface area contributed by atoms with Crippen LogP contribution in [0.5, 0.6) is 5.75 Å². The highest BCUT2D eigenvalue weighted by atomic mass is 32.2. The van der Waals surface area contributed by atoms with Crippen LogP contribution in [0.3, 0.4) is 0 Å². The van der Waals surface area contributed by atoms with Gasteiger partial charge >= 0.3 is 11.9 Å². The van der Waals surface area contributed by atoms with Crippen molar-refractivity contribution in [3.05, 3.63) is 23.8 Å². The van der Waals surface area contributed by atoms with E-state index in [0.29, 0.717) is 25.6 Å². The van der Waals surface area contributed by atoms with Crippen LogP contribution in [0.1, 0.15) is 26.3 Å². The zero-order chi connectivity index (χ0) is 16.4. The summed E-state index contributed by atoms with van der Waals surface area (Å²) in [4.78, 5) is 24.1. The summed E-state index contributed by atoms with van der Waals surface area (Å²) >= 11 is 1.33. The van der Waals surface area contributed by atoms with Gasteiger partial charge in [-0.05, 0) is 32.9 Å². The van der Waals surface area contributed by atoms with Gasteiger partial charge < -0.3 is 14.2 Å². The van der Waals surface area contributed by atoms with Crippen molar-refractivity contribution in [1.82, 2.24) is 0 Å². The SMILES string of the molecule is CCOC(=O)CSc1cccc(OCC)c1CC(=O)OCC. The maximum atomic E-state index is 11.8. The van der Waals surface area contributed by atoms with Crippen molar-refractivity contribution in [3.8, 4) is 5.75 Å². The molecule has 0 heterocycles. The van der Waals surface area contributed by atoms with Gasteiger partial charge in [-0.1, -0.05) is 6.07 Å². The van der Waals surface area contributed by atoms with E-state index < -0.39 is 0 Å². The molecule has 0 aliphatic heterocycles. The standard InChI is InChI=1S/C16H22O5S/c1-4-19-13-8-7-9-14(22-11-16(18)21-6-3)12(13)10-15(17)20-5-2/h7-9H,4-6,10-11H2,1-3H3. The number of benzene rings is 1. The summed E-state index contributed by atoms with van der Waals surface area (Å²) in [7, 11) is 0. The van der Waals surface area contributed by atoms with Gasteiger partial charge in [0.2, 0.25) is 0 Å². The molecule has 1 aromatic rings. The van der Waals surface area contributed by atoms with E-state index in [4.69, 9.17) is 14.2 Å². The van der Waals surface area contributed by atoms with Crippen LogP contribution >= 0.6 is 11.8 Å². The van der Waals surface area contributed by atoms with Gasteiger partial charge in [-0.25, -0.2) is 0 Å². The van der Waals surface area contributed by atoms with E-state index in [2.05, 4.69) is 0 Å². The second-order valence-electron chi connectivity index (χ2n) is 4.24. The number of ether oxygens (including phenoxy) is 3. The predicted molar refractivity (Wildman–Crippen MR) is 85.3 cm³/mol. The molecule has 0 radical (unpaired) electrons. The average Bonchev–Trinajstić information content (AvgIpc) is 2.48. The molecule has 122 valence electrons. The molecule has 0 spiro atoms. The Labute approximate surface area is 135 Å². The highest BCUT2D eigenvalue weighted by Gasteiger charge is 2.16. The first-order valence-corrected chi connectivity index (χ1v) is 8.29. The molecule has 0 unspecified atom stereocenters. The first-order valence-electron chi connectivity index (χ1n) is 7.31. The van der Waals surface area contributed by atoms with E-state index in [-0.39, 0.29) is 24.1 Å². The lowest BCUT2D eigenvalue weighted by molar-refractivity contribution is -0.142. The maximum absolute atomic E-state index is 11.8. The van der Waals surface area contributed by atoms with E-state index in [0.717, 1.165) is 10.5 Å². The molecule has 0 bridgehead atoms. The molecule has 0 amide bonds. The monoisotopic (exact) mass is 326 g/mol. The summed E-state index contributed by atoms with van der Waals surface area (Å²) in [6.45, 7) is 6.61. The van der Waals surface area contributed by atoms with Gasteiger partial charge in [-0.15, -0.1) is 11.8 Å². The highest BCUT2D eigenvalue weighted by Crippen LogP contribution is 2.31. The summed E-state index contributed by atoms with van der Waals surface area (Å²) in [5.74, 6) is 0.243. The van der Waals surface area contributed by atoms with E-state index in [9.17, 15) is 9.59 Å². The number of hydrogen-bond donors (Lipinski definition) is 0. The second-order valence-corrected chi connectivity index (χ2v) is 5.26. The minimum Gasteiger partial charge on any atom is -0.494 e. The van der Waals surface area contributed by atoms with Gasteiger partial charge in [0.1, 0.15) is 5.75 Å². The predicted octanol–water partition coefficient (Wildman–Crippen LogP) is 2.85. The van der Waals surface area contributed by atoms with Gasteiger partial charge in [0.05, 0.1) is 32.0 Å². The molecular formula is C16H22O5S. The molecular weight excluding hydrogens is 304 g/mol. The quantitative estimate of drug-likeness (QED) is 0.514. The van der Waals surface area contributed by atoms with Crippen LogP contribution in [0.15, 0.2) is 23.1 Å². The summed E-state index contributed by atoms with van der Waals surface area (Å²) in [6, 6.07) is 5.51. The van der Waals surface area contributed by atoms with Gasteiger partial charge in [-0.2, -0.15) is 0 Å². The van der Waals surface area contributed by atoms with E-state index in [1.807, 2.05) is 25.1 Å². The lowest BCUT2D eigenvalue weighted by atomic mass is 10.1. The molecule has 0 saturated carbocycles. The van der Waals surface area contributed by atoms with Crippen molar-refractivity contribution in [1.29, 1.82) is 0 Å². The number of rotatable bonds is 9. The summed E-state index contributed by atoms with van der Waals surface area (Å²) < 4.78 is 15.5. The first-order chi connectivity index (χ1) is 10.6. The van der Waals surface area contributed by atoms with Gasteiger partial charge in [-0.3, -0.25) is 9.59 Å². The van der Waals surface area contributed by atoms with Crippen LogP contribution in [0.2, 0.25) is 0 Å². The zero-order valence-electron chi connectivity index (χ0n) is 13.2. The van der Waals surface area contributed by atoms with Crippen LogP contribution < -0.4 is 4.74 Å². The number of hydrogen-bond acceptors (Lipinski definition) is 6. The van der Waals surface area contributed by atoms with Crippen molar-refractivity contribution in [2.45, 2.75) is 32.1 Å². The smallest absolute Gasteiger partial charge is 0.316 e. The molecule has 0 atom stereocenters. The minimum atomic E-state index is -0.312. The Morgan fingerprint density at radius 1 is 1.00 bits per heavy atom. The number of carbonyl (C=O) groups is 2. The van der Waals surface area contributed by atoms with E-state index in [1.54, 1.807) is 13.8 Å². The summed E-state index contributed by atoms with van der Waals surface area (Å²) in [5.41, 5.74) is 0.747. The fourth-order valence-electron chi connectivity index (χ4n) is 1.84. The Balaban J connectivity index is 2.91. The molecule has 0 aliphatic carbocycles. The van der Waals surface area contributed by atoms with E-state index >= 15 is 0 Å². The van der Waals surface area contributed by atoms with Crippen molar-refractivity contribution in [2.75, 3.05) is 25.6 Å². The number of carbonyl (C=O) groups excluding carboxylic acids is 2. The van der Waals surface area contributed by atoms with Crippen LogP contribution in [0.4, 0.5) is 0 Å². The number of esters is 2. The molecule has 0 fully saturated rings. The number of thioether (sulfide) groups is 1. The van der Waals surface area contributed by atoms with Crippen LogP contribution in [-0.4, -0.2) is 37.5 Å². The largest absolute Gasteiger partial charge is 0.494 e. The Hall–Kier alpha value is -1.69. The molecule has 0 saturated heterocycles. The zero-order valence-corrected chi connectivity index (χ0v) is 14.0. The van der Waals surface area contributed by atoms with Crippen LogP contribution in [-0.2, 0) is 25.5 Å². The Bertz CT molecular complexity index is 501. The summed E-state index contributed by atoms with van der Waals surface area (Å²) in [5, 5.41) is 0. The van der Waals surface area contributed by atoms with Crippen molar-refractivity contribution in [3.63, 3.8) is 0 Å². The second kappa shape index (κ2) is 10.1. The van der Waals surface area contributed by atoms with Crippen molar-refractivity contribution >= 4 is 23.7 Å². The van der Waals surface area contributed by atoms with Crippen molar-refractivity contribution < 1.29 is 23.8 Å². The minimum absolute atomic E-state index is 0.120. The lowest BCUT2D eigenvalue weighted by Gasteiger charge is -2.14. The molecule has 0 aliphatic rings. The van der Waals surface area contributed by atoms with E-state index in [1.165, 1.54) is 11.8 Å². The van der Waals surface area contributed by atoms with Gasteiger partial charge in [0, 0.05) is 10.5 Å². The Kier molecular flexibility index (Phi) is 8.43. The third kappa shape index (κ3) is 5.97. The molecule has 0 N–H and O–H groups in total. The first kappa shape index (κ1) is 18.4. The van der Waals surface area contributed by atoms with Gasteiger partial charge in [0.15, 0.2) is 0 Å². The summed E-state index contributed by atoms with van der Waals surface area (Å²) in [6.07, 6.45) is 0.120. The molecule has 6 heteroatoms.